The van der Waals surface area contributed by atoms with E-state index >= 15 is 0 Å². The summed E-state index contributed by atoms with van der Waals surface area (Å²) in [6.07, 6.45) is 5.61. The fraction of sp³-hybridized carbons (Fsp3) is 0.0476. The highest BCUT2D eigenvalue weighted by Gasteiger charge is 2.11. The van der Waals surface area contributed by atoms with Gasteiger partial charge in [0.15, 0.2) is 0 Å². The van der Waals surface area contributed by atoms with Crippen LogP contribution in [0.2, 0.25) is 0 Å². The summed E-state index contributed by atoms with van der Waals surface area (Å²) in [7, 11) is 1.38. The van der Waals surface area contributed by atoms with Gasteiger partial charge >= 0.3 is 5.97 Å². The van der Waals surface area contributed by atoms with Gasteiger partial charge in [0.05, 0.1) is 35.8 Å². The van der Waals surface area contributed by atoms with Crippen LogP contribution in [0.5, 0.6) is 0 Å². The Morgan fingerprint density at radius 1 is 1.08 bits per heavy atom. The zero-order chi connectivity index (χ0) is 17.9. The summed E-state index contributed by atoms with van der Waals surface area (Å²) in [6, 6.07) is 19.4. The molecule has 0 fully saturated rings. The summed E-state index contributed by atoms with van der Waals surface area (Å²) >= 11 is 0. The highest BCUT2D eigenvalue weighted by Crippen LogP contribution is 2.27. The molecule has 5 nitrogen and oxygen atoms in total. The maximum Gasteiger partial charge on any atom is 0.339 e. The number of nitrogens with one attached hydrogen (secondary N) is 1. The van der Waals surface area contributed by atoms with Crippen molar-refractivity contribution in [3.05, 3.63) is 84.8 Å². The van der Waals surface area contributed by atoms with Gasteiger partial charge in [0.25, 0.3) is 0 Å². The summed E-state index contributed by atoms with van der Waals surface area (Å²) in [5, 5.41) is 4.40. The average Bonchev–Trinajstić information content (AvgIpc) is 3.12. The predicted octanol–water partition coefficient (Wildman–Crippen LogP) is 4.56. The van der Waals surface area contributed by atoms with E-state index in [9.17, 15) is 4.79 Å². The summed E-state index contributed by atoms with van der Waals surface area (Å²) in [5.74, 6) is -0.364. The van der Waals surface area contributed by atoms with Crippen molar-refractivity contribution in [1.82, 2.24) is 9.55 Å². The molecule has 0 saturated heterocycles. The number of carbonyl (C=O) groups is 1. The molecule has 0 saturated carbocycles. The van der Waals surface area contributed by atoms with Crippen molar-refractivity contribution >= 4 is 28.2 Å². The summed E-state index contributed by atoms with van der Waals surface area (Å²) in [4.78, 5) is 16.1. The minimum Gasteiger partial charge on any atom is -0.465 e. The maximum atomic E-state index is 11.9. The summed E-state index contributed by atoms with van der Waals surface area (Å²) in [6.45, 7) is 0. The molecule has 0 aliphatic heterocycles. The van der Waals surface area contributed by atoms with Gasteiger partial charge in [-0.2, -0.15) is 0 Å². The molecule has 0 bridgehead atoms. The molecule has 0 amide bonds. The van der Waals surface area contributed by atoms with Crippen LogP contribution in [0.1, 0.15) is 10.4 Å². The van der Waals surface area contributed by atoms with Gasteiger partial charge in [0.1, 0.15) is 0 Å². The lowest BCUT2D eigenvalue weighted by molar-refractivity contribution is 0.0602. The van der Waals surface area contributed by atoms with Crippen LogP contribution >= 0.6 is 0 Å². The minimum atomic E-state index is -0.364. The van der Waals surface area contributed by atoms with Gasteiger partial charge in [0.2, 0.25) is 0 Å². The van der Waals surface area contributed by atoms with Crippen LogP contribution in [0, 0.1) is 0 Å². The molecular formula is C21H17N3O2. The van der Waals surface area contributed by atoms with Crippen LogP contribution < -0.4 is 5.32 Å². The van der Waals surface area contributed by atoms with Crippen LogP contribution in [0.4, 0.5) is 11.4 Å². The van der Waals surface area contributed by atoms with Crippen molar-refractivity contribution in [2.75, 3.05) is 12.4 Å². The second-order valence-corrected chi connectivity index (χ2v) is 5.83. The molecule has 128 valence electrons. The number of fused-ring (bicyclic) bond motifs is 1. The predicted molar refractivity (Wildman–Crippen MR) is 102 cm³/mol. The number of ether oxygens (including phenoxy) is 1. The first-order valence-corrected chi connectivity index (χ1v) is 8.22. The highest BCUT2D eigenvalue weighted by atomic mass is 16.5. The average molecular weight is 343 g/mol. The van der Waals surface area contributed by atoms with Crippen molar-refractivity contribution in [3.8, 4) is 5.69 Å². The standard InChI is InChI=1S/C21H17N3O2/c1-26-21(25)18-6-2-3-7-19(18)23-16-8-9-20-15(13-16)10-12-24(20)17-5-4-11-22-14-17/h2-14,23H,1H3. The van der Waals surface area contributed by atoms with Crippen molar-refractivity contribution in [3.63, 3.8) is 0 Å². The van der Waals surface area contributed by atoms with Gasteiger partial charge in [-0.25, -0.2) is 4.79 Å². The highest BCUT2D eigenvalue weighted by molar-refractivity contribution is 5.97. The lowest BCUT2D eigenvalue weighted by Crippen LogP contribution is -2.05. The molecule has 0 aliphatic carbocycles. The Balaban J connectivity index is 1.69. The second kappa shape index (κ2) is 6.72. The van der Waals surface area contributed by atoms with E-state index in [-0.39, 0.29) is 5.97 Å². The Bertz CT molecular complexity index is 1070. The van der Waals surface area contributed by atoms with Crippen LogP contribution in [-0.2, 0) is 4.74 Å². The Hall–Kier alpha value is -3.60. The van der Waals surface area contributed by atoms with Gasteiger partial charge in [-0.3, -0.25) is 4.98 Å². The van der Waals surface area contributed by atoms with Crippen molar-refractivity contribution in [1.29, 1.82) is 0 Å². The van der Waals surface area contributed by atoms with Crippen molar-refractivity contribution in [2.24, 2.45) is 0 Å². The topological polar surface area (TPSA) is 56.1 Å². The number of benzene rings is 2. The van der Waals surface area contributed by atoms with Gasteiger partial charge in [0, 0.05) is 23.5 Å². The second-order valence-electron chi connectivity index (χ2n) is 5.83. The monoisotopic (exact) mass is 343 g/mol. The molecule has 2 aromatic heterocycles. The third-order valence-corrected chi connectivity index (χ3v) is 4.23. The fourth-order valence-electron chi connectivity index (χ4n) is 2.98. The molecule has 0 radical (unpaired) electrons. The summed E-state index contributed by atoms with van der Waals surface area (Å²) < 4.78 is 6.94. The Morgan fingerprint density at radius 2 is 1.96 bits per heavy atom. The first kappa shape index (κ1) is 15.9. The van der Waals surface area contributed by atoms with Crippen LogP contribution in [-0.4, -0.2) is 22.6 Å². The lowest BCUT2D eigenvalue weighted by atomic mass is 10.1. The molecule has 4 rings (SSSR count). The van der Waals surface area contributed by atoms with E-state index in [1.807, 2.05) is 54.9 Å². The molecule has 2 heterocycles. The number of methoxy groups -OCH3 is 1. The Kier molecular flexibility index (Phi) is 4.11. The number of hydrogen-bond acceptors (Lipinski definition) is 4. The van der Waals surface area contributed by atoms with Gasteiger partial charge in [-0.05, 0) is 48.5 Å². The third-order valence-electron chi connectivity index (χ3n) is 4.23. The third kappa shape index (κ3) is 2.91. The van der Waals surface area contributed by atoms with E-state index in [4.69, 9.17) is 4.74 Å². The van der Waals surface area contributed by atoms with E-state index in [0.717, 1.165) is 22.3 Å². The molecule has 0 spiro atoms. The number of para-hydroxylation sites is 1. The molecule has 5 heteroatoms. The SMILES string of the molecule is COC(=O)c1ccccc1Nc1ccc2c(ccn2-c2cccnc2)c1. The Morgan fingerprint density at radius 3 is 2.77 bits per heavy atom. The number of anilines is 2. The molecule has 0 aliphatic rings. The molecular weight excluding hydrogens is 326 g/mol. The number of carbonyl (C=O) groups excluding carboxylic acids is 1. The van der Waals surface area contributed by atoms with Crippen molar-refractivity contribution < 1.29 is 9.53 Å². The summed E-state index contributed by atoms with van der Waals surface area (Å²) in [5.41, 5.74) is 4.22. The molecule has 2 aromatic carbocycles. The zero-order valence-corrected chi connectivity index (χ0v) is 14.2. The number of aromatic nitrogens is 2. The van der Waals surface area contributed by atoms with Crippen molar-refractivity contribution in [2.45, 2.75) is 0 Å². The van der Waals surface area contributed by atoms with Gasteiger partial charge in [-0.15, -0.1) is 0 Å². The van der Waals surface area contributed by atoms with Crippen LogP contribution in [0.3, 0.4) is 0 Å². The largest absolute Gasteiger partial charge is 0.465 e. The molecule has 0 atom stereocenters. The zero-order valence-electron chi connectivity index (χ0n) is 14.2. The van der Waals surface area contributed by atoms with E-state index in [0.29, 0.717) is 11.3 Å². The van der Waals surface area contributed by atoms with Gasteiger partial charge < -0.3 is 14.6 Å². The fourth-order valence-corrected chi connectivity index (χ4v) is 2.98. The maximum absolute atomic E-state index is 11.9. The van der Waals surface area contributed by atoms with E-state index in [2.05, 4.69) is 27.0 Å². The number of pyridine rings is 1. The lowest BCUT2D eigenvalue weighted by Gasteiger charge is -2.11. The van der Waals surface area contributed by atoms with E-state index in [1.54, 1.807) is 12.3 Å². The number of esters is 1. The van der Waals surface area contributed by atoms with Crippen LogP contribution in [0.25, 0.3) is 16.6 Å². The normalized spacial score (nSPS) is 10.7. The quantitative estimate of drug-likeness (QED) is 0.552. The molecule has 0 unspecified atom stereocenters. The smallest absolute Gasteiger partial charge is 0.339 e. The molecule has 1 N–H and O–H groups in total. The molecule has 4 aromatic rings. The first-order chi connectivity index (χ1) is 12.8. The number of nitrogens with zero attached hydrogens (tertiary/aromatic N) is 2. The number of hydrogen-bond donors (Lipinski definition) is 1. The molecule has 26 heavy (non-hydrogen) atoms. The number of rotatable bonds is 4. The van der Waals surface area contributed by atoms with E-state index < -0.39 is 0 Å². The van der Waals surface area contributed by atoms with Gasteiger partial charge in [-0.1, -0.05) is 12.1 Å². The first-order valence-electron chi connectivity index (χ1n) is 8.22. The Labute approximate surface area is 150 Å². The van der Waals surface area contributed by atoms with Crippen LogP contribution in [0.15, 0.2) is 79.3 Å². The minimum absolute atomic E-state index is 0.364. The van der Waals surface area contributed by atoms with E-state index in [1.165, 1.54) is 7.11 Å².